The molecule has 3 heterocycles. The van der Waals surface area contributed by atoms with E-state index in [-0.39, 0.29) is 5.91 Å². The predicted octanol–water partition coefficient (Wildman–Crippen LogP) is 3.04. The molecule has 0 atom stereocenters. The first-order valence-corrected chi connectivity index (χ1v) is 8.30. The highest BCUT2D eigenvalue weighted by Crippen LogP contribution is 2.23. The molecule has 3 aromatic heterocycles. The number of thiazole rings is 1. The minimum atomic E-state index is -0.263. The average Bonchev–Trinajstić information content (AvgIpc) is 3.36. The van der Waals surface area contributed by atoms with Gasteiger partial charge in [0, 0.05) is 29.0 Å². The molecule has 0 radical (unpaired) electrons. The summed E-state index contributed by atoms with van der Waals surface area (Å²) >= 11 is 1.57. The van der Waals surface area contributed by atoms with Crippen LogP contribution in [-0.2, 0) is 0 Å². The maximum Gasteiger partial charge on any atom is 0.259 e. The van der Waals surface area contributed by atoms with Crippen LogP contribution in [0.4, 0.5) is 5.69 Å². The largest absolute Gasteiger partial charge is 0.322 e. The lowest BCUT2D eigenvalue weighted by atomic mass is 10.2. The average molecular weight is 348 g/mol. The lowest BCUT2D eigenvalue weighted by molar-refractivity contribution is 0.102. The molecule has 1 aromatic carbocycles. The molecular formula is C17H12N6OS. The predicted molar refractivity (Wildman–Crippen MR) is 94.7 cm³/mol. The molecule has 0 fully saturated rings. The van der Waals surface area contributed by atoms with Crippen LogP contribution in [0.25, 0.3) is 16.4 Å². The van der Waals surface area contributed by atoms with Crippen LogP contribution < -0.4 is 5.32 Å². The molecule has 1 N–H and O–H groups in total. The van der Waals surface area contributed by atoms with Crippen LogP contribution >= 0.6 is 11.3 Å². The van der Waals surface area contributed by atoms with Gasteiger partial charge >= 0.3 is 0 Å². The molecule has 4 rings (SSSR count). The zero-order valence-corrected chi connectivity index (χ0v) is 13.7. The van der Waals surface area contributed by atoms with Crippen LogP contribution in [0.1, 0.15) is 10.4 Å². The first-order chi connectivity index (χ1) is 12.3. The summed E-state index contributed by atoms with van der Waals surface area (Å²) in [5.41, 5.74) is 2.12. The zero-order chi connectivity index (χ0) is 17.1. The van der Waals surface area contributed by atoms with Gasteiger partial charge in [-0.25, -0.2) is 19.6 Å². The van der Waals surface area contributed by atoms with Gasteiger partial charge in [-0.1, -0.05) is 0 Å². The molecule has 25 heavy (non-hydrogen) atoms. The summed E-state index contributed by atoms with van der Waals surface area (Å²) in [5, 5.41) is 9.78. The topological polar surface area (TPSA) is 85.6 Å². The number of aromatic nitrogens is 5. The molecule has 8 heteroatoms. The van der Waals surface area contributed by atoms with Gasteiger partial charge in [0.05, 0.1) is 5.56 Å². The highest BCUT2D eigenvalue weighted by molar-refractivity contribution is 7.13. The maximum absolute atomic E-state index is 12.6. The third-order valence-electron chi connectivity index (χ3n) is 3.49. The van der Waals surface area contributed by atoms with Crippen molar-refractivity contribution in [2.45, 2.75) is 0 Å². The van der Waals surface area contributed by atoms with Crippen molar-refractivity contribution in [3.05, 3.63) is 72.4 Å². The summed E-state index contributed by atoms with van der Waals surface area (Å²) in [6.45, 7) is 0. The number of amides is 1. The molecule has 0 aliphatic rings. The Hall–Kier alpha value is -3.39. The Kier molecular flexibility index (Phi) is 4.01. The zero-order valence-electron chi connectivity index (χ0n) is 12.9. The molecule has 0 aliphatic carbocycles. The van der Waals surface area contributed by atoms with Crippen LogP contribution in [0.2, 0.25) is 0 Å². The summed E-state index contributed by atoms with van der Waals surface area (Å²) in [5.74, 6) is 0.164. The number of rotatable bonds is 4. The first kappa shape index (κ1) is 15.2. The van der Waals surface area contributed by atoms with E-state index in [0.717, 1.165) is 10.6 Å². The molecule has 0 unspecified atom stereocenters. The second-order valence-electron chi connectivity index (χ2n) is 5.08. The van der Waals surface area contributed by atoms with Crippen molar-refractivity contribution >= 4 is 22.9 Å². The monoisotopic (exact) mass is 348 g/mol. The minimum Gasteiger partial charge on any atom is -0.322 e. The second kappa shape index (κ2) is 6.62. The number of anilines is 1. The van der Waals surface area contributed by atoms with E-state index in [9.17, 15) is 4.79 Å². The molecule has 0 saturated carbocycles. The molecule has 0 bridgehead atoms. The van der Waals surface area contributed by atoms with E-state index in [1.807, 2.05) is 29.6 Å². The quantitative estimate of drug-likeness (QED) is 0.613. The SMILES string of the molecule is O=C(Nc1ccc(-c2nccs2)cc1)c1cccnc1-n1cncn1. The van der Waals surface area contributed by atoms with Gasteiger partial charge in [0.15, 0.2) is 5.82 Å². The van der Waals surface area contributed by atoms with Crippen LogP contribution in [-0.4, -0.2) is 30.6 Å². The lowest BCUT2D eigenvalue weighted by Crippen LogP contribution is -2.16. The molecule has 0 saturated heterocycles. The molecule has 1 amide bonds. The Morgan fingerprint density at radius 2 is 1.96 bits per heavy atom. The van der Waals surface area contributed by atoms with E-state index >= 15 is 0 Å². The highest BCUT2D eigenvalue weighted by atomic mass is 32.1. The number of carbonyl (C=O) groups is 1. The van der Waals surface area contributed by atoms with Crippen molar-refractivity contribution in [2.75, 3.05) is 5.32 Å². The van der Waals surface area contributed by atoms with E-state index < -0.39 is 0 Å². The second-order valence-corrected chi connectivity index (χ2v) is 5.98. The first-order valence-electron chi connectivity index (χ1n) is 7.42. The summed E-state index contributed by atoms with van der Waals surface area (Å²) in [6, 6.07) is 11.0. The fourth-order valence-corrected chi connectivity index (χ4v) is 2.98. The highest BCUT2D eigenvalue weighted by Gasteiger charge is 2.14. The number of pyridine rings is 1. The van der Waals surface area contributed by atoms with Crippen molar-refractivity contribution in [3.63, 3.8) is 0 Å². The van der Waals surface area contributed by atoms with Crippen molar-refractivity contribution in [1.29, 1.82) is 0 Å². The molecule has 7 nitrogen and oxygen atoms in total. The van der Waals surface area contributed by atoms with Crippen LogP contribution in [0, 0.1) is 0 Å². The van der Waals surface area contributed by atoms with E-state index in [2.05, 4.69) is 25.4 Å². The summed E-state index contributed by atoms with van der Waals surface area (Å²) in [4.78, 5) is 25.0. The van der Waals surface area contributed by atoms with Crippen LogP contribution in [0.5, 0.6) is 0 Å². The summed E-state index contributed by atoms with van der Waals surface area (Å²) < 4.78 is 1.46. The fourth-order valence-electron chi connectivity index (χ4n) is 2.33. The van der Waals surface area contributed by atoms with Crippen molar-refractivity contribution < 1.29 is 4.79 Å². The van der Waals surface area contributed by atoms with Gasteiger partial charge in [0.2, 0.25) is 0 Å². The van der Waals surface area contributed by atoms with Gasteiger partial charge in [0.25, 0.3) is 5.91 Å². The normalized spacial score (nSPS) is 10.6. The van der Waals surface area contributed by atoms with E-state index in [4.69, 9.17) is 0 Å². The van der Waals surface area contributed by atoms with Gasteiger partial charge in [0.1, 0.15) is 17.7 Å². The Bertz CT molecular complexity index is 980. The third-order valence-corrected chi connectivity index (χ3v) is 4.31. The standard InChI is InChI=1S/C17H12N6OS/c24-16(14-2-1-7-19-15(14)23-11-18-10-21-23)22-13-5-3-12(4-6-13)17-20-8-9-25-17/h1-11H,(H,22,24). The summed E-state index contributed by atoms with van der Waals surface area (Å²) in [7, 11) is 0. The van der Waals surface area contributed by atoms with E-state index in [1.165, 1.54) is 17.3 Å². The molecule has 0 spiro atoms. The Morgan fingerprint density at radius 1 is 1.08 bits per heavy atom. The molecular weight excluding hydrogens is 336 g/mol. The molecule has 0 aliphatic heterocycles. The van der Waals surface area contributed by atoms with Gasteiger partial charge in [-0.15, -0.1) is 11.3 Å². The number of nitrogens with one attached hydrogen (secondary N) is 1. The molecule has 4 aromatic rings. The van der Waals surface area contributed by atoms with Crippen LogP contribution in [0.15, 0.2) is 66.8 Å². The van der Waals surface area contributed by atoms with Gasteiger partial charge < -0.3 is 5.32 Å². The number of benzene rings is 1. The van der Waals surface area contributed by atoms with Gasteiger partial charge in [-0.05, 0) is 36.4 Å². The molecule has 122 valence electrons. The lowest BCUT2D eigenvalue weighted by Gasteiger charge is -2.09. The third kappa shape index (κ3) is 3.15. The number of hydrogen-bond donors (Lipinski definition) is 1. The maximum atomic E-state index is 12.6. The van der Waals surface area contributed by atoms with Crippen molar-refractivity contribution in [3.8, 4) is 16.4 Å². The van der Waals surface area contributed by atoms with Crippen molar-refractivity contribution in [2.24, 2.45) is 0 Å². The fraction of sp³-hybridized carbons (Fsp3) is 0. The smallest absolute Gasteiger partial charge is 0.259 e. The number of carbonyl (C=O) groups excluding carboxylic acids is 1. The minimum absolute atomic E-state index is 0.263. The Labute approximate surface area is 147 Å². The van der Waals surface area contributed by atoms with E-state index in [0.29, 0.717) is 17.1 Å². The van der Waals surface area contributed by atoms with Crippen molar-refractivity contribution in [1.82, 2.24) is 24.7 Å². The summed E-state index contributed by atoms with van der Waals surface area (Å²) in [6.07, 6.45) is 6.27. The number of nitrogens with zero attached hydrogens (tertiary/aromatic N) is 5. The Morgan fingerprint density at radius 3 is 2.68 bits per heavy atom. The van der Waals surface area contributed by atoms with Crippen LogP contribution in [0.3, 0.4) is 0 Å². The van der Waals surface area contributed by atoms with Gasteiger partial charge in [-0.2, -0.15) is 5.10 Å². The Balaban J connectivity index is 1.57. The van der Waals surface area contributed by atoms with Gasteiger partial charge in [-0.3, -0.25) is 4.79 Å². The van der Waals surface area contributed by atoms with E-state index in [1.54, 1.807) is 35.9 Å². The number of hydrogen-bond acceptors (Lipinski definition) is 6.